The number of hydrogen-bond acceptors (Lipinski definition) is 6. The number of halogens is 6. The Morgan fingerprint density at radius 2 is 1.06 bits per heavy atom. The van der Waals surface area contributed by atoms with Crippen molar-refractivity contribution < 1.29 is 31.1 Å². The Labute approximate surface area is 191 Å². The van der Waals surface area contributed by atoms with Gasteiger partial charge >= 0.3 is 18.4 Å². The number of ether oxygens (including phenoxy) is 1. The van der Waals surface area contributed by atoms with E-state index in [4.69, 9.17) is 4.74 Å². The molecule has 0 amide bonds. The number of nitrogens with zero attached hydrogens (tertiary/aromatic N) is 3. The summed E-state index contributed by atoms with van der Waals surface area (Å²) in [5.74, 6) is 0.223. The molecule has 0 saturated carbocycles. The fourth-order valence-corrected chi connectivity index (χ4v) is 2.76. The lowest BCUT2D eigenvalue weighted by molar-refractivity contribution is -0.138. The lowest BCUT2D eigenvalue weighted by Gasteiger charge is -2.13. The molecule has 1 aromatic heterocycles. The average molecular weight is 485 g/mol. The number of nitrogens with one attached hydrogen (secondary N) is 2. The molecule has 0 atom stereocenters. The topological polar surface area (TPSA) is 72.0 Å². The van der Waals surface area contributed by atoms with E-state index in [9.17, 15) is 26.3 Å². The third-order valence-electron chi connectivity index (χ3n) is 4.42. The van der Waals surface area contributed by atoms with Crippen LogP contribution in [0.15, 0.2) is 48.5 Å². The molecule has 2 aromatic carbocycles. The van der Waals surface area contributed by atoms with Gasteiger partial charge in [-0.1, -0.05) is 24.3 Å². The summed E-state index contributed by atoms with van der Waals surface area (Å²) in [6.45, 7) is 3.83. The molecule has 0 saturated heterocycles. The largest absolute Gasteiger partial charge is 0.461 e. The van der Waals surface area contributed by atoms with E-state index < -0.39 is 23.5 Å². The number of rotatable bonds is 8. The molecule has 182 valence electrons. The third-order valence-corrected chi connectivity index (χ3v) is 4.42. The Kier molecular flexibility index (Phi) is 7.48. The van der Waals surface area contributed by atoms with Gasteiger partial charge in [-0.05, 0) is 49.2 Å². The van der Waals surface area contributed by atoms with Crippen molar-refractivity contribution in [3.63, 3.8) is 0 Å². The van der Waals surface area contributed by atoms with Crippen LogP contribution in [0.1, 0.15) is 36.1 Å². The molecule has 0 radical (unpaired) electrons. The van der Waals surface area contributed by atoms with Gasteiger partial charge in [-0.2, -0.15) is 41.3 Å². The van der Waals surface area contributed by atoms with Gasteiger partial charge in [0.15, 0.2) is 0 Å². The lowest BCUT2D eigenvalue weighted by Crippen LogP contribution is -2.14. The molecule has 12 heteroatoms. The van der Waals surface area contributed by atoms with Crippen LogP contribution in [0.3, 0.4) is 0 Å². The molecular weight excluding hydrogens is 464 g/mol. The predicted octanol–water partition coefficient (Wildman–Crippen LogP) is 5.92. The monoisotopic (exact) mass is 485 g/mol. The summed E-state index contributed by atoms with van der Waals surface area (Å²) in [5.41, 5.74) is -0.365. The second-order valence-electron chi connectivity index (χ2n) is 7.53. The fraction of sp³-hybridized carbons (Fsp3) is 0.318. The van der Waals surface area contributed by atoms with Crippen LogP contribution < -0.4 is 15.4 Å². The highest BCUT2D eigenvalue weighted by molar-refractivity contribution is 5.38. The maximum absolute atomic E-state index is 12.7. The first-order chi connectivity index (χ1) is 15.9. The number of benzene rings is 2. The minimum atomic E-state index is -4.42. The molecule has 34 heavy (non-hydrogen) atoms. The Balaban J connectivity index is 1.70. The van der Waals surface area contributed by atoms with Crippen molar-refractivity contribution in [3.05, 3.63) is 70.8 Å². The smallest absolute Gasteiger partial charge is 0.416 e. The van der Waals surface area contributed by atoms with E-state index in [1.54, 1.807) is 13.8 Å². The molecule has 0 spiro atoms. The van der Waals surface area contributed by atoms with Crippen molar-refractivity contribution in [2.75, 3.05) is 10.6 Å². The van der Waals surface area contributed by atoms with Gasteiger partial charge in [-0.25, -0.2) is 0 Å². The Morgan fingerprint density at radius 1 is 0.676 bits per heavy atom. The highest BCUT2D eigenvalue weighted by Crippen LogP contribution is 2.30. The van der Waals surface area contributed by atoms with Gasteiger partial charge in [0, 0.05) is 13.1 Å². The van der Waals surface area contributed by atoms with Gasteiger partial charge in [0.2, 0.25) is 11.9 Å². The normalized spacial score (nSPS) is 12.0. The molecular formula is C22H21F6N5O. The molecule has 0 unspecified atom stereocenters. The maximum atomic E-state index is 12.7. The highest BCUT2D eigenvalue weighted by atomic mass is 19.4. The maximum Gasteiger partial charge on any atom is 0.416 e. The SMILES string of the molecule is CC(C)Oc1nc(NCc2ccc(C(F)(F)F)cc2)nc(NCc2ccc(C(F)(F)F)cc2)n1. The average Bonchev–Trinajstić information content (AvgIpc) is 2.75. The van der Waals surface area contributed by atoms with Crippen molar-refractivity contribution in [1.82, 2.24) is 15.0 Å². The molecule has 0 aliphatic heterocycles. The second kappa shape index (κ2) is 10.1. The van der Waals surface area contributed by atoms with Gasteiger partial charge in [0.25, 0.3) is 0 Å². The zero-order valence-corrected chi connectivity index (χ0v) is 18.1. The van der Waals surface area contributed by atoms with Crippen LogP contribution in [0.5, 0.6) is 6.01 Å². The van der Waals surface area contributed by atoms with E-state index in [2.05, 4.69) is 25.6 Å². The van der Waals surface area contributed by atoms with E-state index >= 15 is 0 Å². The first-order valence-corrected chi connectivity index (χ1v) is 10.1. The molecule has 3 aromatic rings. The third kappa shape index (κ3) is 7.22. The van der Waals surface area contributed by atoms with Crippen LogP contribution in [0.4, 0.5) is 38.2 Å². The minimum absolute atomic E-state index is 0.00911. The summed E-state index contributed by atoms with van der Waals surface area (Å²) in [6.07, 6.45) is -9.08. The number of alkyl halides is 6. The molecule has 2 N–H and O–H groups in total. The van der Waals surface area contributed by atoms with Crippen LogP contribution in [0, 0.1) is 0 Å². The summed E-state index contributed by atoms with van der Waals surface area (Å²) in [7, 11) is 0. The van der Waals surface area contributed by atoms with Crippen molar-refractivity contribution in [2.24, 2.45) is 0 Å². The van der Waals surface area contributed by atoms with Gasteiger partial charge in [-0.3, -0.25) is 0 Å². The van der Waals surface area contributed by atoms with Crippen molar-refractivity contribution in [2.45, 2.75) is 45.4 Å². The molecule has 0 aliphatic carbocycles. The first-order valence-electron chi connectivity index (χ1n) is 10.1. The van der Waals surface area contributed by atoms with Crippen molar-refractivity contribution in [1.29, 1.82) is 0 Å². The Morgan fingerprint density at radius 3 is 1.38 bits per heavy atom. The fourth-order valence-electron chi connectivity index (χ4n) is 2.76. The molecule has 0 bridgehead atoms. The summed E-state index contributed by atoms with van der Waals surface area (Å²) < 4.78 is 81.8. The summed E-state index contributed by atoms with van der Waals surface area (Å²) in [5, 5.41) is 5.81. The Hall–Kier alpha value is -3.57. The molecule has 3 rings (SSSR count). The van der Waals surface area contributed by atoms with E-state index in [-0.39, 0.29) is 37.1 Å². The van der Waals surface area contributed by atoms with Gasteiger partial charge in [0.1, 0.15) is 0 Å². The standard InChI is InChI=1S/C22H21F6N5O/c1-13(2)34-20-32-18(29-11-14-3-7-16(8-4-14)21(23,24)25)31-19(33-20)30-12-15-5-9-17(10-6-15)22(26,27)28/h3-10,13H,11-12H2,1-2H3,(H2,29,30,31,32,33). The van der Waals surface area contributed by atoms with Crippen LogP contribution in [0.2, 0.25) is 0 Å². The number of anilines is 2. The first kappa shape index (κ1) is 25.1. The second-order valence-corrected chi connectivity index (χ2v) is 7.53. The summed E-state index contributed by atoms with van der Waals surface area (Å²) >= 11 is 0. The molecule has 0 aliphatic rings. The highest BCUT2D eigenvalue weighted by Gasteiger charge is 2.30. The van der Waals surface area contributed by atoms with Crippen LogP contribution in [-0.4, -0.2) is 21.1 Å². The van der Waals surface area contributed by atoms with Crippen molar-refractivity contribution in [3.8, 4) is 6.01 Å². The van der Waals surface area contributed by atoms with Crippen LogP contribution in [-0.2, 0) is 25.4 Å². The Bertz CT molecular complexity index is 1000. The molecule has 1 heterocycles. The van der Waals surface area contributed by atoms with Crippen LogP contribution in [0.25, 0.3) is 0 Å². The minimum Gasteiger partial charge on any atom is -0.461 e. The molecule has 0 fully saturated rings. The lowest BCUT2D eigenvalue weighted by atomic mass is 10.1. The van der Waals surface area contributed by atoms with Gasteiger partial charge in [0.05, 0.1) is 17.2 Å². The van der Waals surface area contributed by atoms with Crippen molar-refractivity contribution >= 4 is 11.9 Å². The summed E-state index contributed by atoms with van der Waals surface area (Å²) in [4.78, 5) is 12.5. The predicted molar refractivity (Wildman–Crippen MR) is 113 cm³/mol. The number of aromatic nitrogens is 3. The zero-order chi connectivity index (χ0) is 24.9. The molecule has 6 nitrogen and oxygen atoms in total. The van der Waals surface area contributed by atoms with E-state index in [0.717, 1.165) is 24.3 Å². The summed E-state index contributed by atoms with van der Waals surface area (Å²) in [6, 6.07) is 9.29. The van der Waals surface area contributed by atoms with E-state index in [0.29, 0.717) is 11.1 Å². The van der Waals surface area contributed by atoms with E-state index in [1.807, 2.05) is 0 Å². The zero-order valence-electron chi connectivity index (χ0n) is 18.1. The van der Waals surface area contributed by atoms with Gasteiger partial charge < -0.3 is 15.4 Å². The van der Waals surface area contributed by atoms with E-state index in [1.165, 1.54) is 24.3 Å². The van der Waals surface area contributed by atoms with Gasteiger partial charge in [-0.15, -0.1) is 0 Å². The number of hydrogen-bond donors (Lipinski definition) is 2. The quantitative estimate of drug-likeness (QED) is 0.386. The van der Waals surface area contributed by atoms with Crippen LogP contribution >= 0.6 is 0 Å².